The molecule has 0 amide bonds. The molecule has 0 aromatic heterocycles. The van der Waals surface area contributed by atoms with Crippen LogP contribution in [0.5, 0.6) is 0 Å². The van der Waals surface area contributed by atoms with Crippen LogP contribution in [0.4, 0.5) is 0 Å². The highest BCUT2D eigenvalue weighted by Gasteiger charge is 2.19. The number of unbranched alkanes of at least 4 members (excludes halogenated alkanes) is 1. The maximum Gasteiger partial charge on any atom is 0.0431 e. The van der Waals surface area contributed by atoms with Gasteiger partial charge in [0.15, 0.2) is 0 Å². The van der Waals surface area contributed by atoms with E-state index in [1.54, 1.807) is 0 Å². The van der Waals surface area contributed by atoms with Crippen molar-refractivity contribution in [2.75, 3.05) is 26.2 Å². The molecule has 2 nitrogen and oxygen atoms in total. The van der Waals surface area contributed by atoms with Crippen molar-refractivity contribution >= 4 is 0 Å². The van der Waals surface area contributed by atoms with Crippen LogP contribution in [0, 0.1) is 5.92 Å². The van der Waals surface area contributed by atoms with Crippen molar-refractivity contribution < 1.29 is 5.11 Å². The summed E-state index contributed by atoms with van der Waals surface area (Å²) in [6.45, 7) is 6.40. The van der Waals surface area contributed by atoms with Crippen molar-refractivity contribution in [3.8, 4) is 0 Å². The molecule has 12 heavy (non-hydrogen) atoms. The van der Waals surface area contributed by atoms with Gasteiger partial charge in [-0.05, 0) is 38.3 Å². The van der Waals surface area contributed by atoms with Crippen LogP contribution in [0.25, 0.3) is 0 Å². The summed E-state index contributed by atoms with van der Waals surface area (Å²) in [5.74, 6) is 0.944. The number of aliphatic hydroxyl groups excluding tert-OH is 1. The molecule has 1 saturated heterocycles. The molecule has 0 bridgehead atoms. The van der Waals surface area contributed by atoms with Gasteiger partial charge >= 0.3 is 0 Å². The van der Waals surface area contributed by atoms with Crippen molar-refractivity contribution in [1.82, 2.24) is 4.90 Å². The third kappa shape index (κ3) is 3.11. The number of hydrogen-bond acceptors (Lipinski definition) is 2. The third-order valence-corrected chi connectivity index (χ3v) is 2.83. The fourth-order valence-electron chi connectivity index (χ4n) is 1.90. The summed E-state index contributed by atoms with van der Waals surface area (Å²) >= 11 is 0. The highest BCUT2D eigenvalue weighted by Crippen LogP contribution is 2.18. The zero-order valence-electron chi connectivity index (χ0n) is 8.13. The second-order valence-corrected chi connectivity index (χ2v) is 3.79. The Morgan fingerprint density at radius 1 is 1.42 bits per heavy atom. The number of aliphatic hydroxyl groups is 1. The summed E-state index contributed by atoms with van der Waals surface area (Å²) in [4.78, 5) is 2.53. The van der Waals surface area contributed by atoms with Crippen molar-refractivity contribution in [1.29, 1.82) is 0 Å². The third-order valence-electron chi connectivity index (χ3n) is 2.83. The maximum absolute atomic E-state index is 8.62. The van der Waals surface area contributed by atoms with E-state index in [-0.39, 0.29) is 0 Å². The molecule has 1 rings (SSSR count). The van der Waals surface area contributed by atoms with Gasteiger partial charge in [-0.2, -0.15) is 0 Å². The number of hydrogen-bond donors (Lipinski definition) is 1. The molecule has 0 spiro atoms. The first-order chi connectivity index (χ1) is 5.86. The molecule has 1 N–H and O–H groups in total. The minimum absolute atomic E-state index is 0.352. The molecule has 0 saturated carbocycles. The van der Waals surface area contributed by atoms with Crippen LogP contribution in [0.15, 0.2) is 0 Å². The van der Waals surface area contributed by atoms with Crippen LogP contribution in [-0.2, 0) is 0 Å². The van der Waals surface area contributed by atoms with Crippen LogP contribution in [0.3, 0.4) is 0 Å². The molecule has 1 fully saturated rings. The van der Waals surface area contributed by atoms with Crippen LogP contribution in [0.1, 0.15) is 32.6 Å². The molecule has 1 atom stereocenters. The van der Waals surface area contributed by atoms with E-state index in [1.807, 2.05) is 0 Å². The predicted octanol–water partition coefficient (Wildman–Crippen LogP) is 1.49. The molecule has 0 aromatic rings. The molecule has 0 aromatic carbocycles. The largest absolute Gasteiger partial charge is 0.396 e. The van der Waals surface area contributed by atoms with Crippen LogP contribution < -0.4 is 0 Å². The SMILES string of the molecule is CCC1CCN(CCCCO)C1. The van der Waals surface area contributed by atoms with Gasteiger partial charge in [-0.3, -0.25) is 0 Å². The van der Waals surface area contributed by atoms with Crippen molar-refractivity contribution in [3.63, 3.8) is 0 Å². The summed E-state index contributed by atoms with van der Waals surface area (Å²) < 4.78 is 0. The lowest BCUT2D eigenvalue weighted by Gasteiger charge is -2.14. The van der Waals surface area contributed by atoms with Crippen molar-refractivity contribution in [3.05, 3.63) is 0 Å². The Morgan fingerprint density at radius 3 is 2.83 bits per heavy atom. The van der Waals surface area contributed by atoms with Crippen molar-refractivity contribution in [2.24, 2.45) is 5.92 Å². The Kier molecular flexibility index (Phi) is 4.62. The lowest BCUT2D eigenvalue weighted by atomic mass is 10.1. The monoisotopic (exact) mass is 171 g/mol. The van der Waals surface area contributed by atoms with Crippen LogP contribution in [-0.4, -0.2) is 36.2 Å². The molecule has 1 aliphatic heterocycles. The highest BCUT2D eigenvalue weighted by molar-refractivity contribution is 4.73. The van der Waals surface area contributed by atoms with Gasteiger partial charge < -0.3 is 10.0 Å². The van der Waals surface area contributed by atoms with E-state index in [4.69, 9.17) is 5.11 Å². The van der Waals surface area contributed by atoms with Gasteiger partial charge in [0.2, 0.25) is 0 Å². The highest BCUT2D eigenvalue weighted by atomic mass is 16.2. The summed E-state index contributed by atoms with van der Waals surface area (Å²) in [5.41, 5.74) is 0. The van der Waals surface area contributed by atoms with Gasteiger partial charge in [0.25, 0.3) is 0 Å². The number of nitrogens with zero attached hydrogens (tertiary/aromatic N) is 1. The maximum atomic E-state index is 8.62. The van der Waals surface area contributed by atoms with E-state index in [2.05, 4.69) is 11.8 Å². The van der Waals surface area contributed by atoms with Gasteiger partial charge in [-0.25, -0.2) is 0 Å². The molecule has 0 aliphatic carbocycles. The Balaban J connectivity index is 2.03. The Labute approximate surface area is 75.6 Å². The first kappa shape index (κ1) is 10.0. The molecular formula is C10H21NO. The minimum Gasteiger partial charge on any atom is -0.396 e. The van der Waals surface area contributed by atoms with Gasteiger partial charge in [-0.15, -0.1) is 0 Å². The first-order valence-electron chi connectivity index (χ1n) is 5.20. The first-order valence-corrected chi connectivity index (χ1v) is 5.20. The minimum atomic E-state index is 0.352. The normalized spacial score (nSPS) is 25.0. The van der Waals surface area contributed by atoms with E-state index in [9.17, 15) is 0 Å². The molecule has 2 heteroatoms. The lowest BCUT2D eigenvalue weighted by Crippen LogP contribution is -2.21. The average molecular weight is 171 g/mol. The Bertz CT molecular complexity index is 116. The van der Waals surface area contributed by atoms with Crippen LogP contribution >= 0.6 is 0 Å². The average Bonchev–Trinajstić information content (AvgIpc) is 2.53. The van der Waals surface area contributed by atoms with Gasteiger partial charge in [0.05, 0.1) is 0 Å². The zero-order valence-corrected chi connectivity index (χ0v) is 8.13. The standard InChI is InChI=1S/C10H21NO/c1-2-10-5-7-11(9-10)6-3-4-8-12/h10,12H,2-9H2,1H3. The van der Waals surface area contributed by atoms with Crippen LogP contribution in [0.2, 0.25) is 0 Å². The summed E-state index contributed by atoms with van der Waals surface area (Å²) in [6.07, 6.45) is 4.84. The smallest absolute Gasteiger partial charge is 0.0431 e. The summed E-state index contributed by atoms with van der Waals surface area (Å²) in [7, 11) is 0. The molecule has 1 heterocycles. The second kappa shape index (κ2) is 5.55. The van der Waals surface area contributed by atoms with Gasteiger partial charge in [0.1, 0.15) is 0 Å². The molecule has 1 aliphatic rings. The van der Waals surface area contributed by atoms with E-state index < -0.39 is 0 Å². The second-order valence-electron chi connectivity index (χ2n) is 3.79. The Morgan fingerprint density at radius 2 is 2.25 bits per heavy atom. The molecular weight excluding hydrogens is 150 g/mol. The van der Waals surface area contributed by atoms with E-state index in [0.717, 1.165) is 18.8 Å². The Hall–Kier alpha value is -0.0800. The van der Waals surface area contributed by atoms with E-state index in [0.29, 0.717) is 6.61 Å². The van der Waals surface area contributed by atoms with Gasteiger partial charge in [-0.1, -0.05) is 13.3 Å². The van der Waals surface area contributed by atoms with E-state index in [1.165, 1.54) is 32.5 Å². The fraction of sp³-hybridized carbons (Fsp3) is 1.00. The fourth-order valence-corrected chi connectivity index (χ4v) is 1.90. The number of rotatable bonds is 5. The lowest BCUT2D eigenvalue weighted by molar-refractivity contribution is 0.260. The van der Waals surface area contributed by atoms with E-state index >= 15 is 0 Å². The molecule has 0 radical (unpaired) electrons. The van der Waals surface area contributed by atoms with Gasteiger partial charge in [0, 0.05) is 13.2 Å². The zero-order chi connectivity index (χ0) is 8.81. The molecule has 1 unspecified atom stereocenters. The van der Waals surface area contributed by atoms with Crippen molar-refractivity contribution in [2.45, 2.75) is 32.6 Å². The topological polar surface area (TPSA) is 23.5 Å². The quantitative estimate of drug-likeness (QED) is 0.633. The summed E-state index contributed by atoms with van der Waals surface area (Å²) in [6, 6.07) is 0. The predicted molar refractivity (Wildman–Crippen MR) is 51.2 cm³/mol. The molecule has 72 valence electrons. The summed E-state index contributed by atoms with van der Waals surface area (Å²) in [5, 5.41) is 8.62. The number of likely N-dealkylation sites (tertiary alicyclic amines) is 1.